The van der Waals surface area contributed by atoms with Crippen molar-refractivity contribution in [3.05, 3.63) is 35.9 Å². The molecule has 1 aromatic carbocycles. The Hall–Kier alpha value is -3.51. The van der Waals surface area contributed by atoms with Crippen molar-refractivity contribution in [1.29, 1.82) is 0 Å². The number of carbonyl (C=O) groups is 5. The van der Waals surface area contributed by atoms with Gasteiger partial charge >= 0.3 is 23.9 Å². The molecule has 0 aliphatic carbocycles. The average molecular weight is 510 g/mol. The Bertz CT molecular complexity index is 920. The van der Waals surface area contributed by atoms with Crippen molar-refractivity contribution < 1.29 is 52.4 Å². The van der Waals surface area contributed by atoms with E-state index in [4.69, 9.17) is 28.4 Å². The van der Waals surface area contributed by atoms with Gasteiger partial charge in [-0.05, 0) is 5.56 Å². The molecule has 198 valence electrons. The lowest BCUT2D eigenvalue weighted by Crippen LogP contribution is -2.66. The van der Waals surface area contributed by atoms with E-state index in [0.717, 1.165) is 19.4 Å². The summed E-state index contributed by atoms with van der Waals surface area (Å²) in [5.41, 5.74) is 0.821. The van der Waals surface area contributed by atoms with Crippen LogP contribution >= 0.6 is 0 Å². The van der Waals surface area contributed by atoms with E-state index < -0.39 is 60.4 Å². The molecule has 1 aliphatic heterocycles. The molecule has 1 heterocycles. The van der Waals surface area contributed by atoms with Crippen LogP contribution in [-0.4, -0.2) is 73.6 Å². The lowest BCUT2D eigenvalue weighted by atomic mass is 9.96. The second kappa shape index (κ2) is 14.1. The molecule has 0 bridgehead atoms. The smallest absolute Gasteiger partial charge is 0.308 e. The molecule has 12 heteroatoms. The van der Waals surface area contributed by atoms with Crippen LogP contribution in [0.25, 0.3) is 0 Å². The minimum absolute atomic E-state index is 0.0944. The van der Waals surface area contributed by atoms with Gasteiger partial charge in [0.2, 0.25) is 5.91 Å². The standard InChI is InChI=1S/C24H31NO11/c1-14(26)25-21-23(35-17(4)29)22(34-16(3)28)19(13-32-15(2)27)36-24(21)31-11-10-20(30)33-12-18-8-6-5-7-9-18/h5-9,19,21-24H,10-13H2,1-4H3,(H,25,26)/t19?,21?,22-,23+,24+/m0/s1. The van der Waals surface area contributed by atoms with Gasteiger partial charge in [-0.2, -0.15) is 0 Å². The van der Waals surface area contributed by atoms with Crippen LogP contribution in [0.4, 0.5) is 0 Å². The Morgan fingerprint density at radius 3 is 2.08 bits per heavy atom. The van der Waals surface area contributed by atoms with Crippen molar-refractivity contribution in [3.8, 4) is 0 Å². The van der Waals surface area contributed by atoms with Crippen LogP contribution < -0.4 is 5.32 Å². The molecule has 0 saturated carbocycles. The molecule has 2 rings (SSSR count). The van der Waals surface area contributed by atoms with Gasteiger partial charge in [0.15, 0.2) is 18.5 Å². The molecule has 0 aromatic heterocycles. The normalized spacial score (nSPS) is 23.2. The zero-order valence-corrected chi connectivity index (χ0v) is 20.6. The largest absolute Gasteiger partial charge is 0.463 e. The summed E-state index contributed by atoms with van der Waals surface area (Å²) in [6.07, 6.45) is -4.94. The number of amides is 1. The van der Waals surface area contributed by atoms with Crippen molar-refractivity contribution in [3.63, 3.8) is 0 Å². The Morgan fingerprint density at radius 2 is 1.50 bits per heavy atom. The Morgan fingerprint density at radius 1 is 0.861 bits per heavy atom. The minimum atomic E-state index is -1.24. The third kappa shape index (κ3) is 9.62. The highest BCUT2D eigenvalue weighted by Crippen LogP contribution is 2.28. The summed E-state index contributed by atoms with van der Waals surface area (Å²) in [6.45, 7) is 4.28. The monoisotopic (exact) mass is 509 g/mol. The van der Waals surface area contributed by atoms with Gasteiger partial charge in [0.05, 0.1) is 13.0 Å². The summed E-state index contributed by atoms with van der Waals surface area (Å²) in [6, 6.07) is 8.02. The third-order valence-electron chi connectivity index (χ3n) is 4.90. The van der Waals surface area contributed by atoms with Gasteiger partial charge in [-0.3, -0.25) is 24.0 Å². The number of hydrogen-bond acceptors (Lipinski definition) is 11. The first-order valence-electron chi connectivity index (χ1n) is 11.3. The fourth-order valence-electron chi connectivity index (χ4n) is 3.50. The summed E-state index contributed by atoms with van der Waals surface area (Å²) >= 11 is 0. The first-order chi connectivity index (χ1) is 17.1. The fraction of sp³-hybridized carbons (Fsp3) is 0.542. The summed E-state index contributed by atoms with van der Waals surface area (Å²) in [7, 11) is 0. The maximum Gasteiger partial charge on any atom is 0.308 e. The number of nitrogens with one attached hydrogen (secondary N) is 1. The summed E-state index contributed by atoms with van der Waals surface area (Å²) < 4.78 is 32.5. The molecule has 1 N–H and O–H groups in total. The highest BCUT2D eigenvalue weighted by atomic mass is 16.7. The fourth-order valence-corrected chi connectivity index (χ4v) is 3.50. The van der Waals surface area contributed by atoms with E-state index >= 15 is 0 Å². The summed E-state index contributed by atoms with van der Waals surface area (Å²) in [4.78, 5) is 59.0. The minimum Gasteiger partial charge on any atom is -0.463 e. The van der Waals surface area contributed by atoms with Crippen molar-refractivity contribution in [1.82, 2.24) is 5.32 Å². The number of carbonyl (C=O) groups excluding carboxylic acids is 5. The van der Waals surface area contributed by atoms with Crippen molar-refractivity contribution in [2.45, 2.75) is 71.4 Å². The van der Waals surface area contributed by atoms with E-state index in [2.05, 4.69) is 5.32 Å². The van der Waals surface area contributed by atoms with Crippen LogP contribution in [0.15, 0.2) is 30.3 Å². The predicted octanol–water partition coefficient (Wildman–Crippen LogP) is 0.793. The molecular formula is C24H31NO11. The van der Waals surface area contributed by atoms with Crippen molar-refractivity contribution in [2.24, 2.45) is 0 Å². The zero-order valence-electron chi connectivity index (χ0n) is 20.6. The lowest BCUT2D eigenvalue weighted by molar-refractivity contribution is -0.277. The Balaban J connectivity index is 2.14. The molecule has 12 nitrogen and oxygen atoms in total. The number of rotatable bonds is 11. The van der Waals surface area contributed by atoms with E-state index in [1.807, 2.05) is 30.3 Å². The molecule has 1 aromatic rings. The van der Waals surface area contributed by atoms with Gasteiger partial charge in [0.1, 0.15) is 25.4 Å². The Kier molecular flexibility index (Phi) is 11.3. The van der Waals surface area contributed by atoms with E-state index in [9.17, 15) is 24.0 Å². The number of benzene rings is 1. The van der Waals surface area contributed by atoms with Crippen LogP contribution in [0.1, 0.15) is 39.7 Å². The third-order valence-corrected chi connectivity index (χ3v) is 4.90. The van der Waals surface area contributed by atoms with E-state index in [0.29, 0.717) is 0 Å². The quantitative estimate of drug-likeness (QED) is 0.333. The highest BCUT2D eigenvalue weighted by molar-refractivity contribution is 5.74. The molecule has 36 heavy (non-hydrogen) atoms. The molecule has 0 spiro atoms. The molecule has 1 saturated heterocycles. The van der Waals surface area contributed by atoms with Gasteiger partial charge < -0.3 is 33.7 Å². The first-order valence-corrected chi connectivity index (χ1v) is 11.3. The molecule has 1 aliphatic rings. The summed E-state index contributed by atoms with van der Waals surface area (Å²) in [5.74, 6) is -3.08. The van der Waals surface area contributed by atoms with Crippen molar-refractivity contribution >= 4 is 29.8 Å². The number of ether oxygens (including phenoxy) is 6. The highest BCUT2D eigenvalue weighted by Gasteiger charge is 2.51. The molecule has 0 radical (unpaired) electrons. The van der Waals surface area contributed by atoms with Crippen LogP contribution in [-0.2, 0) is 59.0 Å². The average Bonchev–Trinajstić information content (AvgIpc) is 2.80. The number of hydrogen-bond donors (Lipinski definition) is 1. The first kappa shape index (κ1) is 28.7. The Labute approximate surface area is 208 Å². The molecule has 1 fully saturated rings. The van der Waals surface area contributed by atoms with Gasteiger partial charge in [-0.15, -0.1) is 0 Å². The van der Waals surface area contributed by atoms with E-state index in [1.165, 1.54) is 13.8 Å². The van der Waals surface area contributed by atoms with Gasteiger partial charge in [0.25, 0.3) is 0 Å². The predicted molar refractivity (Wildman–Crippen MR) is 121 cm³/mol. The van der Waals surface area contributed by atoms with Crippen LogP contribution in [0.5, 0.6) is 0 Å². The van der Waals surface area contributed by atoms with E-state index in [1.54, 1.807) is 0 Å². The maximum absolute atomic E-state index is 12.1. The number of esters is 4. The lowest BCUT2D eigenvalue weighted by Gasteiger charge is -2.44. The SMILES string of the molecule is CC(=O)NC1[C@H](OCCC(=O)OCc2ccccc2)OC(COC(C)=O)[C@H](OC(C)=O)[C@@H]1OC(C)=O. The molecule has 1 amide bonds. The summed E-state index contributed by atoms with van der Waals surface area (Å²) in [5, 5.41) is 2.58. The molecule has 2 unspecified atom stereocenters. The molecular weight excluding hydrogens is 478 g/mol. The second-order valence-corrected chi connectivity index (χ2v) is 7.99. The van der Waals surface area contributed by atoms with Gasteiger partial charge in [-0.1, -0.05) is 30.3 Å². The topological polar surface area (TPSA) is 153 Å². The maximum atomic E-state index is 12.1. The van der Waals surface area contributed by atoms with Crippen LogP contribution in [0.3, 0.4) is 0 Å². The zero-order chi connectivity index (χ0) is 26.7. The van der Waals surface area contributed by atoms with Crippen LogP contribution in [0, 0.1) is 0 Å². The van der Waals surface area contributed by atoms with Gasteiger partial charge in [-0.25, -0.2) is 0 Å². The molecule has 5 atom stereocenters. The van der Waals surface area contributed by atoms with E-state index in [-0.39, 0.29) is 26.2 Å². The van der Waals surface area contributed by atoms with Crippen LogP contribution in [0.2, 0.25) is 0 Å². The van der Waals surface area contributed by atoms with Gasteiger partial charge in [0, 0.05) is 27.7 Å². The van der Waals surface area contributed by atoms with Crippen molar-refractivity contribution in [2.75, 3.05) is 13.2 Å². The second-order valence-electron chi connectivity index (χ2n) is 7.99.